The predicted octanol–water partition coefficient (Wildman–Crippen LogP) is 3.55. The van der Waals surface area contributed by atoms with Gasteiger partial charge < -0.3 is 4.90 Å². The van der Waals surface area contributed by atoms with Gasteiger partial charge >= 0.3 is 0 Å². The molecular formula is C15H25NO. The Labute approximate surface area is 106 Å². The number of nitrogens with zero attached hydrogens (tertiary/aromatic N) is 1. The van der Waals surface area contributed by atoms with E-state index in [2.05, 4.69) is 11.9 Å². The number of hydrogen-bond donors (Lipinski definition) is 0. The summed E-state index contributed by atoms with van der Waals surface area (Å²) in [5, 5.41) is 0. The van der Waals surface area contributed by atoms with Crippen molar-refractivity contribution < 1.29 is 4.79 Å². The van der Waals surface area contributed by atoms with Gasteiger partial charge in [-0.05, 0) is 46.0 Å². The topological polar surface area (TPSA) is 20.3 Å². The highest BCUT2D eigenvalue weighted by Gasteiger charge is 2.03. The fraction of sp³-hybridized carbons (Fsp3) is 0.533. The minimum Gasteiger partial charge on any atom is -0.306 e. The standard InChI is InChI=1S/C8H8O.C5H11N.C2H6/c1-7-3-2-4-8(5-7)6-9;1-6-4-2-3-5-6;1-2/h2-6H,1H3;2-5H2,1H3;1-2H3. The fourth-order valence-electron chi connectivity index (χ4n) is 1.62. The van der Waals surface area contributed by atoms with Crippen molar-refractivity contribution in [2.45, 2.75) is 33.6 Å². The molecule has 1 aliphatic heterocycles. The van der Waals surface area contributed by atoms with E-state index in [-0.39, 0.29) is 0 Å². The van der Waals surface area contributed by atoms with Crippen LogP contribution in [0.25, 0.3) is 0 Å². The number of aryl methyl sites for hydroxylation is 1. The number of carbonyl (C=O) groups excluding carboxylic acids is 1. The van der Waals surface area contributed by atoms with Gasteiger partial charge in [0.15, 0.2) is 0 Å². The Bertz CT molecular complexity index is 304. The Hall–Kier alpha value is -1.15. The number of benzene rings is 1. The maximum Gasteiger partial charge on any atom is 0.150 e. The van der Waals surface area contributed by atoms with Crippen molar-refractivity contribution >= 4 is 6.29 Å². The molecule has 1 aromatic carbocycles. The molecule has 2 nitrogen and oxygen atoms in total. The SMILES string of the molecule is CC.CN1CCCC1.Cc1cccc(C=O)c1. The average molecular weight is 235 g/mol. The molecule has 0 aromatic heterocycles. The van der Waals surface area contributed by atoms with Gasteiger partial charge in [-0.2, -0.15) is 0 Å². The molecule has 0 bridgehead atoms. The van der Waals surface area contributed by atoms with Gasteiger partial charge in [0.1, 0.15) is 6.29 Å². The fourth-order valence-corrected chi connectivity index (χ4v) is 1.62. The molecule has 0 unspecified atom stereocenters. The van der Waals surface area contributed by atoms with E-state index >= 15 is 0 Å². The van der Waals surface area contributed by atoms with Gasteiger partial charge in [-0.15, -0.1) is 0 Å². The largest absolute Gasteiger partial charge is 0.306 e. The molecule has 2 rings (SSSR count). The lowest BCUT2D eigenvalue weighted by atomic mass is 10.2. The Balaban J connectivity index is 0.000000278. The number of carbonyl (C=O) groups is 1. The Kier molecular flexibility index (Phi) is 9.35. The van der Waals surface area contributed by atoms with Gasteiger partial charge in [0, 0.05) is 5.56 Å². The van der Waals surface area contributed by atoms with Crippen molar-refractivity contribution in [1.29, 1.82) is 0 Å². The molecule has 0 amide bonds. The van der Waals surface area contributed by atoms with E-state index in [9.17, 15) is 4.79 Å². The lowest BCUT2D eigenvalue weighted by Gasteiger charge is -2.01. The molecule has 0 atom stereocenters. The molecule has 0 N–H and O–H groups in total. The van der Waals surface area contributed by atoms with Crippen molar-refractivity contribution in [2.24, 2.45) is 0 Å². The second-order valence-corrected chi connectivity index (χ2v) is 4.04. The zero-order valence-electron chi connectivity index (χ0n) is 11.6. The lowest BCUT2D eigenvalue weighted by molar-refractivity contribution is 0.112. The summed E-state index contributed by atoms with van der Waals surface area (Å²) in [7, 11) is 2.17. The maximum atomic E-state index is 10.2. The molecule has 1 heterocycles. The summed E-state index contributed by atoms with van der Waals surface area (Å²) < 4.78 is 0. The molecule has 1 fully saturated rings. The van der Waals surface area contributed by atoms with Crippen LogP contribution in [0.3, 0.4) is 0 Å². The Morgan fingerprint density at radius 3 is 2.06 bits per heavy atom. The van der Waals surface area contributed by atoms with Crippen LogP contribution < -0.4 is 0 Å². The zero-order valence-corrected chi connectivity index (χ0v) is 11.6. The molecule has 1 aliphatic rings. The molecular weight excluding hydrogens is 210 g/mol. The average Bonchev–Trinajstić information content (AvgIpc) is 2.84. The van der Waals surface area contributed by atoms with E-state index in [0.717, 1.165) is 17.4 Å². The highest BCUT2D eigenvalue weighted by Crippen LogP contribution is 2.02. The highest BCUT2D eigenvalue weighted by atomic mass is 16.1. The summed E-state index contributed by atoms with van der Waals surface area (Å²) in [5.74, 6) is 0. The zero-order chi connectivity index (χ0) is 13.1. The lowest BCUT2D eigenvalue weighted by Crippen LogP contribution is -2.10. The van der Waals surface area contributed by atoms with Gasteiger partial charge in [0.2, 0.25) is 0 Å². The van der Waals surface area contributed by atoms with Crippen molar-refractivity contribution in [2.75, 3.05) is 20.1 Å². The minimum absolute atomic E-state index is 0.745. The van der Waals surface area contributed by atoms with Crippen LogP contribution in [0.15, 0.2) is 24.3 Å². The van der Waals surface area contributed by atoms with Gasteiger partial charge in [-0.3, -0.25) is 4.79 Å². The minimum atomic E-state index is 0.745. The summed E-state index contributed by atoms with van der Waals surface area (Å²) in [6.07, 6.45) is 3.68. The van der Waals surface area contributed by atoms with Crippen LogP contribution in [-0.4, -0.2) is 31.3 Å². The molecule has 0 radical (unpaired) electrons. The van der Waals surface area contributed by atoms with E-state index in [1.54, 1.807) is 6.07 Å². The van der Waals surface area contributed by atoms with Gasteiger partial charge in [-0.25, -0.2) is 0 Å². The molecule has 1 saturated heterocycles. The highest BCUT2D eigenvalue weighted by molar-refractivity contribution is 5.74. The van der Waals surface area contributed by atoms with Gasteiger partial charge in [0.05, 0.1) is 0 Å². The van der Waals surface area contributed by atoms with E-state index in [0.29, 0.717) is 0 Å². The van der Waals surface area contributed by atoms with Crippen LogP contribution in [0.1, 0.15) is 42.6 Å². The quantitative estimate of drug-likeness (QED) is 0.694. The summed E-state index contributed by atoms with van der Waals surface area (Å²) in [5.41, 5.74) is 1.87. The number of likely N-dealkylation sites (tertiary alicyclic amines) is 1. The first-order chi connectivity index (χ1) is 8.22. The summed E-state index contributed by atoms with van der Waals surface area (Å²) in [4.78, 5) is 12.5. The molecule has 0 saturated carbocycles. The molecule has 2 heteroatoms. The van der Waals surface area contributed by atoms with Crippen LogP contribution >= 0.6 is 0 Å². The first-order valence-corrected chi connectivity index (χ1v) is 6.43. The monoisotopic (exact) mass is 235 g/mol. The summed E-state index contributed by atoms with van der Waals surface area (Å²) in [6, 6.07) is 7.49. The third kappa shape index (κ3) is 7.70. The summed E-state index contributed by atoms with van der Waals surface area (Å²) >= 11 is 0. The van der Waals surface area contributed by atoms with E-state index in [4.69, 9.17) is 0 Å². The van der Waals surface area contributed by atoms with Crippen LogP contribution in [0.5, 0.6) is 0 Å². The second kappa shape index (κ2) is 10.0. The molecule has 17 heavy (non-hydrogen) atoms. The number of hydrogen-bond acceptors (Lipinski definition) is 2. The number of aldehydes is 1. The first-order valence-electron chi connectivity index (χ1n) is 6.43. The number of rotatable bonds is 1. The van der Waals surface area contributed by atoms with Crippen LogP contribution in [-0.2, 0) is 0 Å². The van der Waals surface area contributed by atoms with Crippen molar-refractivity contribution in [3.8, 4) is 0 Å². The van der Waals surface area contributed by atoms with Crippen LogP contribution in [0.4, 0.5) is 0 Å². The predicted molar refractivity (Wildman–Crippen MR) is 74.6 cm³/mol. The Morgan fingerprint density at radius 2 is 1.76 bits per heavy atom. The van der Waals surface area contributed by atoms with Crippen molar-refractivity contribution in [3.05, 3.63) is 35.4 Å². The molecule has 96 valence electrons. The van der Waals surface area contributed by atoms with E-state index in [1.165, 1.54) is 25.9 Å². The summed E-state index contributed by atoms with van der Waals surface area (Å²) in [6.45, 7) is 8.60. The molecule has 0 spiro atoms. The molecule has 1 aromatic rings. The van der Waals surface area contributed by atoms with Crippen LogP contribution in [0, 0.1) is 6.92 Å². The third-order valence-corrected chi connectivity index (χ3v) is 2.51. The van der Waals surface area contributed by atoms with Crippen LogP contribution in [0.2, 0.25) is 0 Å². The smallest absolute Gasteiger partial charge is 0.150 e. The molecule has 0 aliphatic carbocycles. The normalized spacial score (nSPS) is 14.1. The Morgan fingerprint density at radius 1 is 1.18 bits per heavy atom. The van der Waals surface area contributed by atoms with Crippen molar-refractivity contribution in [1.82, 2.24) is 4.90 Å². The second-order valence-electron chi connectivity index (χ2n) is 4.04. The van der Waals surface area contributed by atoms with Crippen molar-refractivity contribution in [3.63, 3.8) is 0 Å². The first kappa shape index (κ1) is 15.9. The maximum absolute atomic E-state index is 10.2. The van der Waals surface area contributed by atoms with Gasteiger partial charge in [-0.1, -0.05) is 37.6 Å². The van der Waals surface area contributed by atoms with E-state index in [1.807, 2.05) is 39.0 Å². The van der Waals surface area contributed by atoms with Gasteiger partial charge in [0.25, 0.3) is 0 Å². The van der Waals surface area contributed by atoms with E-state index < -0.39 is 0 Å². The third-order valence-electron chi connectivity index (χ3n) is 2.51.